The second-order valence-electron chi connectivity index (χ2n) is 8.46. The summed E-state index contributed by atoms with van der Waals surface area (Å²) in [5, 5.41) is 0. The Bertz CT molecular complexity index is 925. The molecule has 0 aromatic heterocycles. The van der Waals surface area contributed by atoms with Gasteiger partial charge in [0, 0.05) is 26.2 Å². The number of hydrogen-bond donors (Lipinski definition) is 0. The molecule has 160 valence electrons. The minimum Gasteiger partial charge on any atom is -0.341 e. The number of piperidine rings is 1. The Kier molecular flexibility index (Phi) is 6.54. The molecular formula is C24H30N2O3S. The van der Waals surface area contributed by atoms with Crippen LogP contribution in [-0.4, -0.2) is 61.8 Å². The van der Waals surface area contributed by atoms with E-state index in [0.29, 0.717) is 19.0 Å². The van der Waals surface area contributed by atoms with Gasteiger partial charge in [-0.1, -0.05) is 60.7 Å². The van der Waals surface area contributed by atoms with E-state index in [1.54, 1.807) is 0 Å². The van der Waals surface area contributed by atoms with Crippen LogP contribution in [0.5, 0.6) is 0 Å². The maximum absolute atomic E-state index is 13.6. The first-order chi connectivity index (χ1) is 14.5. The van der Waals surface area contributed by atoms with Crippen LogP contribution in [0.25, 0.3) is 0 Å². The monoisotopic (exact) mass is 426 g/mol. The molecule has 2 aromatic carbocycles. The van der Waals surface area contributed by atoms with Crippen molar-refractivity contribution in [2.75, 3.05) is 37.7 Å². The van der Waals surface area contributed by atoms with Gasteiger partial charge in [0.25, 0.3) is 0 Å². The number of benzene rings is 2. The highest BCUT2D eigenvalue weighted by Crippen LogP contribution is 2.28. The first-order valence-corrected chi connectivity index (χ1v) is 12.7. The number of likely N-dealkylation sites (tertiary alicyclic amines) is 1. The molecule has 0 saturated carbocycles. The molecule has 0 N–H and O–H groups in total. The number of carbonyl (C=O) groups is 1. The van der Waals surface area contributed by atoms with Gasteiger partial charge >= 0.3 is 0 Å². The molecule has 0 radical (unpaired) electrons. The number of nitrogens with zero attached hydrogens (tertiary/aromatic N) is 2. The molecule has 0 bridgehead atoms. The van der Waals surface area contributed by atoms with Gasteiger partial charge in [-0.25, -0.2) is 8.42 Å². The molecule has 2 saturated heterocycles. The van der Waals surface area contributed by atoms with Crippen LogP contribution in [0.15, 0.2) is 60.7 Å². The SMILES string of the molecule is O=C(C(c1ccccc1)N1CCS(=O)(=O)CC1)N1CCC(Cc2ccccc2)CC1. The first kappa shape index (κ1) is 21.1. The van der Waals surface area contributed by atoms with Gasteiger partial charge in [-0.05, 0) is 36.3 Å². The summed E-state index contributed by atoms with van der Waals surface area (Å²) in [5.74, 6) is 0.969. The molecule has 4 rings (SSSR count). The molecule has 1 atom stereocenters. The van der Waals surface area contributed by atoms with Crippen molar-refractivity contribution in [2.45, 2.75) is 25.3 Å². The van der Waals surface area contributed by atoms with Gasteiger partial charge in [0.2, 0.25) is 5.91 Å². The molecule has 30 heavy (non-hydrogen) atoms. The molecule has 6 heteroatoms. The summed E-state index contributed by atoms with van der Waals surface area (Å²) >= 11 is 0. The fourth-order valence-electron chi connectivity index (χ4n) is 4.61. The van der Waals surface area contributed by atoms with Crippen LogP contribution in [0.2, 0.25) is 0 Å². The third-order valence-corrected chi connectivity index (χ3v) is 8.00. The predicted molar refractivity (Wildman–Crippen MR) is 119 cm³/mol. The van der Waals surface area contributed by atoms with E-state index in [1.807, 2.05) is 41.3 Å². The summed E-state index contributed by atoms with van der Waals surface area (Å²) in [7, 11) is -2.99. The summed E-state index contributed by atoms with van der Waals surface area (Å²) in [5.41, 5.74) is 2.31. The Hall–Kier alpha value is -2.18. The lowest BCUT2D eigenvalue weighted by atomic mass is 9.89. The van der Waals surface area contributed by atoms with Crippen molar-refractivity contribution in [1.82, 2.24) is 9.80 Å². The number of hydrogen-bond acceptors (Lipinski definition) is 4. The zero-order valence-electron chi connectivity index (χ0n) is 17.3. The molecule has 2 aromatic rings. The fourth-order valence-corrected chi connectivity index (χ4v) is 5.84. The van der Waals surface area contributed by atoms with Gasteiger partial charge in [0.15, 0.2) is 9.84 Å². The van der Waals surface area contributed by atoms with Crippen molar-refractivity contribution >= 4 is 15.7 Å². The Labute approximate surface area is 179 Å². The Morgan fingerprint density at radius 3 is 2.03 bits per heavy atom. The lowest BCUT2D eigenvalue weighted by Gasteiger charge is -2.39. The molecule has 5 nitrogen and oxygen atoms in total. The van der Waals surface area contributed by atoms with Crippen molar-refractivity contribution in [3.63, 3.8) is 0 Å². The minimum atomic E-state index is -2.99. The Balaban J connectivity index is 1.43. The van der Waals surface area contributed by atoms with E-state index >= 15 is 0 Å². The standard InChI is InChI=1S/C24H30N2O3S/c27-24(26-13-11-21(12-14-26)19-20-7-3-1-4-8-20)23(22-9-5-2-6-10-22)25-15-17-30(28,29)18-16-25/h1-10,21,23H,11-19H2. The van der Waals surface area contributed by atoms with Gasteiger partial charge < -0.3 is 4.90 Å². The predicted octanol–water partition coefficient (Wildman–Crippen LogP) is 2.94. The van der Waals surface area contributed by atoms with Crippen LogP contribution in [0.1, 0.15) is 30.0 Å². The van der Waals surface area contributed by atoms with Crippen molar-refractivity contribution in [3.8, 4) is 0 Å². The van der Waals surface area contributed by atoms with E-state index in [-0.39, 0.29) is 17.4 Å². The van der Waals surface area contributed by atoms with Crippen molar-refractivity contribution < 1.29 is 13.2 Å². The molecule has 1 amide bonds. The molecule has 2 heterocycles. The minimum absolute atomic E-state index is 0.110. The van der Waals surface area contributed by atoms with Crippen molar-refractivity contribution in [1.29, 1.82) is 0 Å². The average molecular weight is 427 g/mol. The van der Waals surface area contributed by atoms with Crippen molar-refractivity contribution in [2.24, 2.45) is 5.92 Å². The summed E-state index contributed by atoms with van der Waals surface area (Å²) < 4.78 is 23.8. The number of amides is 1. The zero-order chi connectivity index (χ0) is 21.0. The summed E-state index contributed by atoms with van der Waals surface area (Å²) in [4.78, 5) is 17.6. The highest BCUT2D eigenvalue weighted by Gasteiger charge is 2.36. The van der Waals surface area contributed by atoms with Gasteiger partial charge in [0.05, 0.1) is 11.5 Å². The summed E-state index contributed by atoms with van der Waals surface area (Å²) in [6, 6.07) is 20.0. The lowest BCUT2D eigenvalue weighted by Crippen LogP contribution is -2.50. The quantitative estimate of drug-likeness (QED) is 0.738. The van der Waals surface area contributed by atoms with Crippen LogP contribution in [0.4, 0.5) is 0 Å². The first-order valence-electron chi connectivity index (χ1n) is 10.8. The van der Waals surface area contributed by atoms with Crippen LogP contribution >= 0.6 is 0 Å². The smallest absolute Gasteiger partial charge is 0.244 e. The van der Waals surface area contributed by atoms with E-state index in [1.165, 1.54) is 5.56 Å². The van der Waals surface area contributed by atoms with Crippen LogP contribution in [0, 0.1) is 5.92 Å². The lowest BCUT2D eigenvalue weighted by molar-refractivity contribution is -0.138. The second kappa shape index (κ2) is 9.31. The normalized spacial score (nSPS) is 21.3. The largest absolute Gasteiger partial charge is 0.341 e. The van der Waals surface area contributed by atoms with Crippen LogP contribution < -0.4 is 0 Å². The van der Waals surface area contributed by atoms with E-state index in [2.05, 4.69) is 29.2 Å². The van der Waals surface area contributed by atoms with Crippen LogP contribution in [0.3, 0.4) is 0 Å². The molecular weight excluding hydrogens is 396 g/mol. The fraction of sp³-hybridized carbons (Fsp3) is 0.458. The molecule has 0 aliphatic carbocycles. The highest BCUT2D eigenvalue weighted by molar-refractivity contribution is 7.91. The number of sulfone groups is 1. The summed E-state index contributed by atoms with van der Waals surface area (Å²) in [6.45, 7) is 2.37. The molecule has 0 spiro atoms. The maximum Gasteiger partial charge on any atom is 0.244 e. The summed E-state index contributed by atoms with van der Waals surface area (Å²) in [6.07, 6.45) is 3.09. The van der Waals surface area contributed by atoms with E-state index in [9.17, 15) is 13.2 Å². The number of rotatable bonds is 5. The molecule has 2 aliphatic rings. The average Bonchev–Trinajstić information content (AvgIpc) is 2.77. The number of carbonyl (C=O) groups excluding carboxylic acids is 1. The molecule has 2 fully saturated rings. The molecule has 1 unspecified atom stereocenters. The Morgan fingerprint density at radius 1 is 0.867 bits per heavy atom. The van der Waals surface area contributed by atoms with Gasteiger partial charge in [-0.2, -0.15) is 0 Å². The van der Waals surface area contributed by atoms with E-state index in [0.717, 1.165) is 37.9 Å². The van der Waals surface area contributed by atoms with Gasteiger partial charge in [0.1, 0.15) is 6.04 Å². The van der Waals surface area contributed by atoms with Crippen molar-refractivity contribution in [3.05, 3.63) is 71.8 Å². The van der Waals surface area contributed by atoms with Crippen LogP contribution in [-0.2, 0) is 21.1 Å². The molecule has 2 aliphatic heterocycles. The van der Waals surface area contributed by atoms with E-state index < -0.39 is 15.9 Å². The van der Waals surface area contributed by atoms with Gasteiger partial charge in [-0.15, -0.1) is 0 Å². The third kappa shape index (κ3) is 5.10. The highest BCUT2D eigenvalue weighted by atomic mass is 32.2. The zero-order valence-corrected chi connectivity index (χ0v) is 18.1. The van der Waals surface area contributed by atoms with E-state index in [4.69, 9.17) is 0 Å². The van der Waals surface area contributed by atoms with Gasteiger partial charge in [-0.3, -0.25) is 9.69 Å². The maximum atomic E-state index is 13.6. The third-order valence-electron chi connectivity index (χ3n) is 6.39. The topological polar surface area (TPSA) is 57.7 Å². The second-order valence-corrected chi connectivity index (χ2v) is 10.8. The Morgan fingerprint density at radius 2 is 1.43 bits per heavy atom.